The highest BCUT2D eigenvalue weighted by Gasteiger charge is 2.30. The molecule has 3 rings (SSSR count). The van der Waals surface area contributed by atoms with Gasteiger partial charge < -0.3 is 5.32 Å². The lowest BCUT2D eigenvalue weighted by molar-refractivity contribution is -0.137. The molecule has 0 fully saturated rings. The van der Waals surface area contributed by atoms with Gasteiger partial charge in [-0.05, 0) is 31.2 Å². The molecule has 152 valence electrons. The van der Waals surface area contributed by atoms with Crippen LogP contribution in [0, 0.1) is 6.92 Å². The number of hydrogen-bond donors (Lipinski definition) is 1. The molecule has 0 aliphatic carbocycles. The van der Waals surface area contributed by atoms with Crippen molar-refractivity contribution in [3.05, 3.63) is 65.6 Å². The molecule has 0 bridgehead atoms. The minimum absolute atomic E-state index is 0.100. The van der Waals surface area contributed by atoms with Crippen LogP contribution in [0.5, 0.6) is 0 Å². The molecule has 0 atom stereocenters. The quantitative estimate of drug-likeness (QED) is 0.450. The number of rotatable bonds is 5. The number of halogens is 5. The van der Waals surface area contributed by atoms with Crippen molar-refractivity contribution in [1.82, 2.24) is 14.8 Å². The van der Waals surface area contributed by atoms with E-state index >= 15 is 0 Å². The van der Waals surface area contributed by atoms with Gasteiger partial charge in [-0.15, -0.1) is 0 Å². The van der Waals surface area contributed by atoms with E-state index in [1.807, 2.05) is 0 Å². The van der Waals surface area contributed by atoms with Crippen LogP contribution in [0.25, 0.3) is 5.82 Å². The van der Waals surface area contributed by atoms with E-state index in [-0.39, 0.29) is 22.0 Å². The van der Waals surface area contributed by atoms with Gasteiger partial charge in [-0.2, -0.15) is 27.1 Å². The molecule has 3 aromatic rings. The maximum absolute atomic E-state index is 12.7. The van der Waals surface area contributed by atoms with Crippen molar-refractivity contribution in [2.24, 2.45) is 0 Å². The lowest BCUT2D eigenvalue weighted by Gasteiger charge is -2.10. The van der Waals surface area contributed by atoms with Crippen molar-refractivity contribution in [2.75, 3.05) is 5.32 Å². The number of para-hydroxylation sites is 1. The first-order chi connectivity index (χ1) is 13.7. The topological polar surface area (TPSA) is 59.8 Å². The molecule has 2 heterocycles. The molecule has 0 unspecified atom stereocenters. The van der Waals surface area contributed by atoms with Crippen LogP contribution in [0.1, 0.15) is 21.6 Å². The highest BCUT2D eigenvalue weighted by molar-refractivity contribution is 7.99. The SMILES string of the molecule is Cc1c(C(=O)Nc2ccccc2SC(F)F)cnn1-c1ccc(C(F)(F)F)cn1. The Balaban J connectivity index is 1.83. The standard InChI is InChI=1S/C18H13F5N4OS/c1-10-12(16(28)26-13-4-2-3-5-14(13)29-17(19)20)9-25-27(10)15-7-6-11(8-24-15)18(21,22)23/h2-9,17H,1H3,(H,26,28). The summed E-state index contributed by atoms with van der Waals surface area (Å²) in [6.07, 6.45) is -2.61. The van der Waals surface area contributed by atoms with Gasteiger partial charge in [-0.3, -0.25) is 4.79 Å². The number of benzene rings is 1. The third kappa shape index (κ3) is 4.73. The predicted molar refractivity (Wildman–Crippen MR) is 97.4 cm³/mol. The van der Waals surface area contributed by atoms with Crippen molar-refractivity contribution in [3.8, 4) is 5.82 Å². The molecule has 1 aromatic carbocycles. The molecule has 0 aliphatic rings. The summed E-state index contributed by atoms with van der Waals surface area (Å²) < 4.78 is 64.6. The molecule has 2 aromatic heterocycles. The fraction of sp³-hybridized carbons (Fsp3) is 0.167. The zero-order valence-corrected chi connectivity index (χ0v) is 15.6. The third-order valence-electron chi connectivity index (χ3n) is 3.90. The first kappa shape index (κ1) is 20.8. The maximum atomic E-state index is 12.7. The Morgan fingerprint density at radius 3 is 2.48 bits per heavy atom. The Kier molecular flexibility index (Phi) is 5.87. The predicted octanol–water partition coefficient (Wildman–Crippen LogP) is 5.16. The van der Waals surface area contributed by atoms with Crippen LogP contribution < -0.4 is 5.32 Å². The summed E-state index contributed by atoms with van der Waals surface area (Å²) in [7, 11) is 0. The Morgan fingerprint density at radius 2 is 1.86 bits per heavy atom. The van der Waals surface area contributed by atoms with E-state index in [0.717, 1.165) is 12.1 Å². The minimum Gasteiger partial charge on any atom is -0.321 e. The summed E-state index contributed by atoms with van der Waals surface area (Å²) in [4.78, 5) is 16.5. The van der Waals surface area contributed by atoms with Crippen molar-refractivity contribution >= 4 is 23.4 Å². The normalized spacial score (nSPS) is 11.7. The number of alkyl halides is 5. The Morgan fingerprint density at radius 1 is 1.14 bits per heavy atom. The molecule has 29 heavy (non-hydrogen) atoms. The van der Waals surface area contributed by atoms with Gasteiger partial charge in [0.25, 0.3) is 11.7 Å². The number of thioether (sulfide) groups is 1. The third-order valence-corrected chi connectivity index (χ3v) is 4.69. The second kappa shape index (κ2) is 8.19. The maximum Gasteiger partial charge on any atom is 0.417 e. The van der Waals surface area contributed by atoms with Crippen LogP contribution in [0.2, 0.25) is 0 Å². The van der Waals surface area contributed by atoms with E-state index < -0.39 is 23.4 Å². The number of hydrogen-bond acceptors (Lipinski definition) is 4. The van der Waals surface area contributed by atoms with Gasteiger partial charge in [0.05, 0.1) is 28.7 Å². The second-order valence-corrected chi connectivity index (χ2v) is 6.82. The number of carbonyl (C=O) groups is 1. The number of nitrogens with one attached hydrogen (secondary N) is 1. The van der Waals surface area contributed by atoms with E-state index in [1.165, 1.54) is 23.0 Å². The summed E-state index contributed by atoms with van der Waals surface area (Å²) >= 11 is 0.301. The smallest absolute Gasteiger partial charge is 0.321 e. The van der Waals surface area contributed by atoms with Gasteiger partial charge in [0.1, 0.15) is 0 Å². The number of nitrogens with zero attached hydrogens (tertiary/aromatic N) is 3. The molecule has 0 spiro atoms. The fourth-order valence-electron chi connectivity index (χ4n) is 2.50. The van der Waals surface area contributed by atoms with Gasteiger partial charge in [-0.25, -0.2) is 9.67 Å². The van der Waals surface area contributed by atoms with E-state index in [0.29, 0.717) is 23.7 Å². The number of amides is 1. The first-order valence-corrected chi connectivity index (χ1v) is 8.98. The summed E-state index contributed by atoms with van der Waals surface area (Å²) in [5, 5.41) is 6.55. The molecule has 11 heteroatoms. The van der Waals surface area contributed by atoms with Crippen LogP contribution in [-0.2, 0) is 6.18 Å². The molecule has 0 saturated carbocycles. The van der Waals surface area contributed by atoms with Gasteiger partial charge in [0.2, 0.25) is 0 Å². The second-order valence-electron chi connectivity index (χ2n) is 5.79. The van der Waals surface area contributed by atoms with E-state index in [1.54, 1.807) is 19.1 Å². The Labute approximate surface area is 165 Å². The van der Waals surface area contributed by atoms with Gasteiger partial charge >= 0.3 is 6.18 Å². The van der Waals surface area contributed by atoms with Crippen LogP contribution in [0.3, 0.4) is 0 Å². The number of carbonyl (C=O) groups excluding carboxylic acids is 1. The summed E-state index contributed by atoms with van der Waals surface area (Å²) in [5.41, 5.74) is -0.239. The van der Waals surface area contributed by atoms with E-state index in [2.05, 4.69) is 15.4 Å². The average molecular weight is 428 g/mol. The average Bonchev–Trinajstić information content (AvgIpc) is 3.04. The van der Waals surface area contributed by atoms with Crippen molar-refractivity contribution in [1.29, 1.82) is 0 Å². The Bertz CT molecular complexity index is 1020. The van der Waals surface area contributed by atoms with Crippen molar-refractivity contribution < 1.29 is 26.7 Å². The number of pyridine rings is 1. The van der Waals surface area contributed by atoms with Gasteiger partial charge in [0.15, 0.2) is 5.82 Å². The number of anilines is 1. The van der Waals surface area contributed by atoms with Crippen molar-refractivity contribution in [3.63, 3.8) is 0 Å². The largest absolute Gasteiger partial charge is 0.417 e. The fourth-order valence-corrected chi connectivity index (χ4v) is 3.10. The number of aromatic nitrogens is 3. The lowest BCUT2D eigenvalue weighted by atomic mass is 10.2. The van der Waals surface area contributed by atoms with E-state index in [9.17, 15) is 26.7 Å². The summed E-state index contributed by atoms with van der Waals surface area (Å²) in [5.74, 6) is -3.14. The van der Waals surface area contributed by atoms with Crippen molar-refractivity contribution in [2.45, 2.75) is 23.8 Å². The summed E-state index contributed by atoms with van der Waals surface area (Å²) in [6.45, 7) is 1.54. The summed E-state index contributed by atoms with van der Waals surface area (Å²) in [6, 6.07) is 8.10. The zero-order valence-electron chi connectivity index (χ0n) is 14.7. The molecule has 1 amide bonds. The molecule has 0 radical (unpaired) electrons. The highest BCUT2D eigenvalue weighted by Crippen LogP contribution is 2.32. The zero-order chi connectivity index (χ0) is 21.2. The van der Waals surface area contributed by atoms with Crippen LogP contribution in [-0.4, -0.2) is 26.4 Å². The van der Waals surface area contributed by atoms with E-state index in [4.69, 9.17) is 0 Å². The Hall–Kier alpha value is -2.95. The lowest BCUT2D eigenvalue weighted by Crippen LogP contribution is -2.14. The molecule has 5 nitrogen and oxygen atoms in total. The highest BCUT2D eigenvalue weighted by atomic mass is 32.2. The first-order valence-electron chi connectivity index (χ1n) is 8.10. The molecule has 0 saturated heterocycles. The monoisotopic (exact) mass is 428 g/mol. The van der Waals surface area contributed by atoms with Crippen LogP contribution in [0.4, 0.5) is 27.6 Å². The minimum atomic E-state index is -4.51. The molecular weight excluding hydrogens is 415 g/mol. The van der Waals surface area contributed by atoms with Gasteiger partial charge in [-0.1, -0.05) is 23.9 Å². The van der Waals surface area contributed by atoms with Crippen LogP contribution in [0.15, 0.2) is 53.7 Å². The van der Waals surface area contributed by atoms with Crippen LogP contribution >= 0.6 is 11.8 Å². The molecule has 0 aliphatic heterocycles. The molecule has 1 N–H and O–H groups in total. The van der Waals surface area contributed by atoms with Gasteiger partial charge in [0, 0.05) is 11.1 Å². The molecular formula is C18H13F5N4OS.